The monoisotopic (exact) mass is 308 g/mol. The van der Waals surface area contributed by atoms with Gasteiger partial charge < -0.3 is 15.5 Å². The van der Waals surface area contributed by atoms with Crippen molar-refractivity contribution < 1.29 is 4.39 Å². The molecule has 1 rings (SSSR count). The number of halogens is 1. The van der Waals surface area contributed by atoms with Crippen molar-refractivity contribution in [2.45, 2.75) is 39.8 Å². The lowest BCUT2D eigenvalue weighted by atomic mass is 10.1. The molecule has 0 unspecified atom stereocenters. The zero-order valence-corrected chi connectivity index (χ0v) is 14.4. The number of rotatable bonds is 6. The Morgan fingerprint density at radius 2 is 1.86 bits per heavy atom. The molecule has 1 aromatic carbocycles. The molecule has 22 heavy (non-hydrogen) atoms. The predicted octanol–water partition coefficient (Wildman–Crippen LogP) is 2.61. The maximum Gasteiger partial charge on any atom is 0.194 e. The van der Waals surface area contributed by atoms with Crippen molar-refractivity contribution in [3.8, 4) is 0 Å². The van der Waals surface area contributed by atoms with Crippen LogP contribution in [-0.2, 0) is 6.54 Å². The van der Waals surface area contributed by atoms with Gasteiger partial charge in [-0.3, -0.25) is 4.99 Å². The average molecular weight is 308 g/mol. The van der Waals surface area contributed by atoms with E-state index in [-0.39, 0.29) is 11.4 Å². The van der Waals surface area contributed by atoms with Gasteiger partial charge in [-0.05, 0) is 45.4 Å². The molecule has 0 heterocycles. The second-order valence-corrected chi connectivity index (χ2v) is 6.39. The lowest BCUT2D eigenvalue weighted by Gasteiger charge is -2.23. The molecule has 124 valence electrons. The fourth-order valence-electron chi connectivity index (χ4n) is 2.00. The molecule has 0 spiro atoms. The van der Waals surface area contributed by atoms with Crippen LogP contribution in [0.15, 0.2) is 29.3 Å². The predicted molar refractivity (Wildman–Crippen MR) is 91.6 cm³/mol. The van der Waals surface area contributed by atoms with E-state index in [1.165, 1.54) is 12.1 Å². The molecule has 0 aliphatic carbocycles. The van der Waals surface area contributed by atoms with Crippen LogP contribution in [0.2, 0.25) is 0 Å². The van der Waals surface area contributed by atoms with Crippen molar-refractivity contribution in [1.82, 2.24) is 15.5 Å². The number of benzene rings is 1. The largest absolute Gasteiger partial charge is 0.357 e. The van der Waals surface area contributed by atoms with E-state index in [0.29, 0.717) is 13.1 Å². The molecule has 4 nitrogen and oxygen atoms in total. The van der Waals surface area contributed by atoms with Crippen LogP contribution in [0.1, 0.15) is 33.3 Å². The third kappa shape index (κ3) is 7.41. The Morgan fingerprint density at radius 1 is 1.23 bits per heavy atom. The zero-order valence-electron chi connectivity index (χ0n) is 14.4. The molecule has 0 atom stereocenters. The van der Waals surface area contributed by atoms with Crippen molar-refractivity contribution in [3.05, 3.63) is 35.6 Å². The number of hydrogen-bond acceptors (Lipinski definition) is 2. The van der Waals surface area contributed by atoms with Gasteiger partial charge in [-0.25, -0.2) is 4.39 Å². The average Bonchev–Trinajstić information content (AvgIpc) is 2.43. The number of hydrogen-bond donors (Lipinski definition) is 2. The topological polar surface area (TPSA) is 39.7 Å². The third-order valence-corrected chi connectivity index (χ3v) is 3.06. The Labute approximate surface area is 133 Å². The van der Waals surface area contributed by atoms with Gasteiger partial charge in [0.15, 0.2) is 5.96 Å². The fourth-order valence-corrected chi connectivity index (χ4v) is 2.00. The molecular formula is C17H29FN4. The Balaban J connectivity index is 2.58. The summed E-state index contributed by atoms with van der Waals surface area (Å²) in [4.78, 5) is 6.67. The standard InChI is InChI=1S/C17H29FN4/c1-6-19-16(20-11-12-21-17(2,3)4)22(5)13-14-7-9-15(18)10-8-14/h7-10,21H,6,11-13H2,1-5H3,(H,19,20). The quantitative estimate of drug-likeness (QED) is 0.482. The minimum absolute atomic E-state index is 0.105. The maximum atomic E-state index is 12.9. The summed E-state index contributed by atoms with van der Waals surface area (Å²) in [5.41, 5.74) is 1.16. The second kappa shape index (κ2) is 8.73. The highest BCUT2D eigenvalue weighted by atomic mass is 19.1. The highest BCUT2D eigenvalue weighted by molar-refractivity contribution is 5.79. The first-order valence-corrected chi connectivity index (χ1v) is 7.80. The molecule has 0 amide bonds. The summed E-state index contributed by atoms with van der Waals surface area (Å²) in [6.07, 6.45) is 0. The Kier molecular flexibility index (Phi) is 7.32. The van der Waals surface area contributed by atoms with Crippen LogP contribution >= 0.6 is 0 Å². The van der Waals surface area contributed by atoms with Gasteiger partial charge >= 0.3 is 0 Å². The van der Waals surface area contributed by atoms with Crippen molar-refractivity contribution in [2.75, 3.05) is 26.7 Å². The Morgan fingerprint density at radius 3 is 2.41 bits per heavy atom. The molecule has 0 fully saturated rings. The van der Waals surface area contributed by atoms with E-state index in [1.54, 1.807) is 12.1 Å². The normalized spacial score (nSPS) is 12.4. The van der Waals surface area contributed by atoms with E-state index >= 15 is 0 Å². The Bertz CT molecular complexity index is 463. The van der Waals surface area contributed by atoms with Crippen LogP contribution in [-0.4, -0.2) is 43.1 Å². The highest BCUT2D eigenvalue weighted by Gasteiger charge is 2.09. The minimum Gasteiger partial charge on any atom is -0.357 e. The fraction of sp³-hybridized carbons (Fsp3) is 0.588. The van der Waals surface area contributed by atoms with E-state index in [1.807, 2.05) is 11.9 Å². The molecule has 5 heteroatoms. The van der Waals surface area contributed by atoms with E-state index < -0.39 is 0 Å². The maximum absolute atomic E-state index is 12.9. The van der Waals surface area contributed by atoms with Crippen LogP contribution in [0.4, 0.5) is 4.39 Å². The van der Waals surface area contributed by atoms with Crippen LogP contribution in [0, 0.1) is 5.82 Å². The summed E-state index contributed by atoms with van der Waals surface area (Å²) in [6.45, 7) is 11.5. The number of nitrogens with zero attached hydrogens (tertiary/aromatic N) is 2. The summed E-state index contributed by atoms with van der Waals surface area (Å²) in [6, 6.07) is 6.58. The molecule has 0 saturated heterocycles. The van der Waals surface area contributed by atoms with Gasteiger partial charge in [0.1, 0.15) is 5.82 Å². The molecule has 0 bridgehead atoms. The SMILES string of the molecule is CCNC(=NCCNC(C)(C)C)N(C)Cc1ccc(F)cc1. The van der Waals surface area contributed by atoms with E-state index in [2.05, 4.69) is 43.3 Å². The van der Waals surface area contributed by atoms with Crippen molar-refractivity contribution in [3.63, 3.8) is 0 Å². The molecule has 0 radical (unpaired) electrons. The van der Waals surface area contributed by atoms with Crippen LogP contribution in [0.3, 0.4) is 0 Å². The number of aliphatic imine (C=N–C) groups is 1. The molecule has 0 aromatic heterocycles. The highest BCUT2D eigenvalue weighted by Crippen LogP contribution is 2.05. The van der Waals surface area contributed by atoms with Gasteiger partial charge in [-0.2, -0.15) is 0 Å². The van der Waals surface area contributed by atoms with Gasteiger partial charge in [0.25, 0.3) is 0 Å². The number of guanidine groups is 1. The van der Waals surface area contributed by atoms with Gasteiger partial charge in [0.2, 0.25) is 0 Å². The second-order valence-electron chi connectivity index (χ2n) is 6.39. The van der Waals surface area contributed by atoms with Crippen LogP contribution in [0.25, 0.3) is 0 Å². The summed E-state index contributed by atoms with van der Waals surface area (Å²) in [5.74, 6) is 0.655. The van der Waals surface area contributed by atoms with Crippen molar-refractivity contribution >= 4 is 5.96 Å². The lowest BCUT2D eigenvalue weighted by Crippen LogP contribution is -2.40. The van der Waals surface area contributed by atoms with Crippen molar-refractivity contribution in [1.29, 1.82) is 0 Å². The zero-order chi connectivity index (χ0) is 16.6. The van der Waals surface area contributed by atoms with Gasteiger partial charge in [-0.15, -0.1) is 0 Å². The van der Waals surface area contributed by atoms with E-state index in [0.717, 1.165) is 24.6 Å². The summed E-state index contributed by atoms with van der Waals surface area (Å²) < 4.78 is 12.9. The molecule has 1 aromatic rings. The number of nitrogens with one attached hydrogen (secondary N) is 2. The van der Waals surface area contributed by atoms with E-state index in [9.17, 15) is 4.39 Å². The first-order chi connectivity index (χ1) is 10.3. The van der Waals surface area contributed by atoms with Crippen LogP contribution < -0.4 is 10.6 Å². The first-order valence-electron chi connectivity index (χ1n) is 7.80. The van der Waals surface area contributed by atoms with Gasteiger partial charge in [0, 0.05) is 32.2 Å². The summed E-state index contributed by atoms with van der Waals surface area (Å²) in [7, 11) is 1.99. The molecular weight excluding hydrogens is 279 g/mol. The van der Waals surface area contributed by atoms with E-state index in [4.69, 9.17) is 0 Å². The van der Waals surface area contributed by atoms with Gasteiger partial charge in [0.05, 0.1) is 6.54 Å². The van der Waals surface area contributed by atoms with Crippen LogP contribution in [0.5, 0.6) is 0 Å². The minimum atomic E-state index is -0.208. The molecule has 0 aliphatic rings. The summed E-state index contributed by atoms with van der Waals surface area (Å²) >= 11 is 0. The lowest BCUT2D eigenvalue weighted by molar-refractivity contribution is 0.430. The molecule has 0 aliphatic heterocycles. The Hall–Kier alpha value is -1.62. The molecule has 2 N–H and O–H groups in total. The third-order valence-electron chi connectivity index (χ3n) is 3.06. The summed E-state index contributed by atoms with van der Waals surface area (Å²) in [5, 5.41) is 6.70. The first kappa shape index (κ1) is 18.4. The van der Waals surface area contributed by atoms with Gasteiger partial charge in [-0.1, -0.05) is 12.1 Å². The van der Waals surface area contributed by atoms with Crippen molar-refractivity contribution in [2.24, 2.45) is 4.99 Å². The molecule has 0 saturated carbocycles. The smallest absolute Gasteiger partial charge is 0.194 e.